The zero-order chi connectivity index (χ0) is 23.7. The second-order valence-corrected chi connectivity index (χ2v) is 9.37. The Kier molecular flexibility index (Phi) is 6.28. The van der Waals surface area contributed by atoms with Gasteiger partial charge in [0, 0.05) is 49.0 Å². The number of ketones is 1. The molecule has 5 rings (SSSR count). The molecular weight excluding hydrogens is 450 g/mol. The number of nitrogens with one attached hydrogen (secondary N) is 1. The summed E-state index contributed by atoms with van der Waals surface area (Å²) in [5, 5.41) is 4.11. The Morgan fingerprint density at radius 3 is 2.29 bits per heavy atom. The van der Waals surface area contributed by atoms with Crippen molar-refractivity contribution in [3.8, 4) is 5.75 Å². The number of anilines is 4. The quantitative estimate of drug-likeness (QED) is 0.556. The Labute approximate surface area is 204 Å². The molecule has 2 heterocycles. The number of piperazine rings is 1. The topological polar surface area (TPSA) is 70.6 Å². The first-order valence-electron chi connectivity index (χ1n) is 11.6. The van der Waals surface area contributed by atoms with E-state index >= 15 is 0 Å². The molecule has 3 aromatic rings. The van der Waals surface area contributed by atoms with Crippen LogP contribution >= 0.6 is 11.6 Å². The average molecular weight is 478 g/mol. The van der Waals surface area contributed by atoms with E-state index in [1.54, 1.807) is 7.11 Å². The van der Waals surface area contributed by atoms with E-state index in [1.807, 2.05) is 36.4 Å². The smallest absolute Gasteiger partial charge is 0.227 e. The highest BCUT2D eigenvalue weighted by atomic mass is 35.5. The number of benzene rings is 2. The van der Waals surface area contributed by atoms with Crippen LogP contribution in [0.25, 0.3) is 0 Å². The first-order chi connectivity index (χ1) is 16.5. The van der Waals surface area contributed by atoms with E-state index in [1.165, 1.54) is 0 Å². The molecule has 7 nitrogen and oxygen atoms in total. The standard InChI is InChI=1S/C26H28ClN5O2/c1-17-15-22-24(23(33)16-17)25(28-19-5-9-21(34-2)10-6-19)30-26(29-22)32-13-11-31(12-14-32)20-7-3-18(27)4-8-20/h3-10,17H,11-16H2,1-2H3,(H,28,29,30). The average Bonchev–Trinajstić information content (AvgIpc) is 2.84. The zero-order valence-electron chi connectivity index (χ0n) is 19.4. The molecule has 2 aliphatic rings. The maximum absolute atomic E-state index is 12.9. The van der Waals surface area contributed by atoms with Crippen molar-refractivity contribution in [3.05, 3.63) is 64.8 Å². The van der Waals surface area contributed by atoms with Crippen molar-refractivity contribution >= 4 is 40.5 Å². The van der Waals surface area contributed by atoms with Crippen LogP contribution in [0, 0.1) is 5.92 Å². The molecule has 0 amide bonds. The molecule has 34 heavy (non-hydrogen) atoms. The van der Waals surface area contributed by atoms with Gasteiger partial charge >= 0.3 is 0 Å². The summed E-state index contributed by atoms with van der Waals surface area (Å²) >= 11 is 6.04. The highest BCUT2D eigenvalue weighted by Gasteiger charge is 2.30. The lowest BCUT2D eigenvalue weighted by Crippen LogP contribution is -2.47. The fraction of sp³-hybridized carbons (Fsp3) is 0.346. The molecule has 1 N–H and O–H groups in total. The third kappa shape index (κ3) is 4.66. The first-order valence-corrected chi connectivity index (χ1v) is 12.0. The number of Topliss-reactive ketones (excluding diaryl/α,β-unsaturated/α-hetero) is 1. The van der Waals surface area contributed by atoms with Crippen LogP contribution in [-0.4, -0.2) is 49.0 Å². The second kappa shape index (κ2) is 9.50. The SMILES string of the molecule is COc1ccc(Nc2nc(N3CCN(c4ccc(Cl)cc4)CC3)nc3c2C(=O)CC(C)C3)cc1. The molecule has 1 aliphatic carbocycles. The molecule has 1 saturated heterocycles. The molecule has 8 heteroatoms. The van der Waals surface area contributed by atoms with Gasteiger partial charge in [-0.15, -0.1) is 0 Å². The third-order valence-electron chi connectivity index (χ3n) is 6.43. The normalized spacial score (nSPS) is 18.0. The van der Waals surface area contributed by atoms with Gasteiger partial charge in [-0.25, -0.2) is 4.98 Å². The number of halogens is 1. The van der Waals surface area contributed by atoms with Gasteiger partial charge in [-0.1, -0.05) is 18.5 Å². The summed E-state index contributed by atoms with van der Waals surface area (Å²) in [4.78, 5) is 27.2. The van der Waals surface area contributed by atoms with E-state index in [0.29, 0.717) is 23.8 Å². The molecule has 0 spiro atoms. The van der Waals surface area contributed by atoms with Gasteiger partial charge in [0.1, 0.15) is 11.6 Å². The number of aromatic nitrogens is 2. The van der Waals surface area contributed by atoms with E-state index in [2.05, 4.69) is 34.2 Å². The number of hydrogen-bond donors (Lipinski definition) is 1. The number of nitrogens with zero attached hydrogens (tertiary/aromatic N) is 4. The highest BCUT2D eigenvalue weighted by Crippen LogP contribution is 2.33. The van der Waals surface area contributed by atoms with Crippen molar-refractivity contribution in [2.75, 3.05) is 48.4 Å². The zero-order valence-corrected chi connectivity index (χ0v) is 20.2. The van der Waals surface area contributed by atoms with E-state index in [4.69, 9.17) is 26.3 Å². The van der Waals surface area contributed by atoms with Crippen LogP contribution in [0.1, 0.15) is 29.4 Å². The molecule has 1 unspecified atom stereocenters. The van der Waals surface area contributed by atoms with Crippen LogP contribution in [0.15, 0.2) is 48.5 Å². The van der Waals surface area contributed by atoms with Crippen molar-refractivity contribution in [2.24, 2.45) is 5.92 Å². The summed E-state index contributed by atoms with van der Waals surface area (Å²) < 4.78 is 5.26. The van der Waals surface area contributed by atoms with Crippen molar-refractivity contribution in [2.45, 2.75) is 19.8 Å². The predicted molar refractivity (Wildman–Crippen MR) is 136 cm³/mol. The van der Waals surface area contributed by atoms with Crippen molar-refractivity contribution in [3.63, 3.8) is 0 Å². The minimum Gasteiger partial charge on any atom is -0.497 e. The third-order valence-corrected chi connectivity index (χ3v) is 6.69. The van der Waals surface area contributed by atoms with Crippen molar-refractivity contribution in [1.82, 2.24) is 9.97 Å². The summed E-state index contributed by atoms with van der Waals surface area (Å²) in [5.74, 6) is 2.41. The lowest BCUT2D eigenvalue weighted by Gasteiger charge is -2.36. The van der Waals surface area contributed by atoms with Gasteiger partial charge in [0.15, 0.2) is 5.78 Å². The van der Waals surface area contributed by atoms with E-state index < -0.39 is 0 Å². The van der Waals surface area contributed by atoms with Crippen LogP contribution in [0.3, 0.4) is 0 Å². The second-order valence-electron chi connectivity index (χ2n) is 8.93. The number of fused-ring (bicyclic) bond motifs is 1. The molecule has 0 radical (unpaired) electrons. The molecule has 1 fully saturated rings. The van der Waals surface area contributed by atoms with Gasteiger partial charge in [-0.2, -0.15) is 4.98 Å². The Balaban J connectivity index is 1.41. The van der Waals surface area contributed by atoms with Gasteiger partial charge in [0.2, 0.25) is 5.95 Å². The maximum atomic E-state index is 12.9. The summed E-state index contributed by atoms with van der Waals surface area (Å²) in [5.41, 5.74) is 3.48. The van der Waals surface area contributed by atoms with E-state index in [-0.39, 0.29) is 11.7 Å². The van der Waals surface area contributed by atoms with E-state index in [0.717, 1.165) is 60.4 Å². The first kappa shape index (κ1) is 22.5. The number of carbonyl (C=O) groups is 1. The van der Waals surface area contributed by atoms with Gasteiger partial charge in [0.05, 0.1) is 18.4 Å². The van der Waals surface area contributed by atoms with Crippen LogP contribution in [0.2, 0.25) is 5.02 Å². The largest absolute Gasteiger partial charge is 0.497 e. The van der Waals surface area contributed by atoms with Gasteiger partial charge in [0.25, 0.3) is 0 Å². The number of carbonyl (C=O) groups excluding carboxylic acids is 1. The molecule has 1 aliphatic heterocycles. The van der Waals surface area contributed by atoms with Crippen LogP contribution < -0.4 is 19.9 Å². The summed E-state index contributed by atoms with van der Waals surface area (Å²) in [6.07, 6.45) is 1.30. The van der Waals surface area contributed by atoms with Crippen LogP contribution in [0.4, 0.5) is 23.1 Å². The number of ether oxygens (including phenoxy) is 1. The summed E-state index contributed by atoms with van der Waals surface area (Å²) in [6, 6.07) is 15.6. The molecule has 0 saturated carbocycles. The Morgan fingerprint density at radius 2 is 1.62 bits per heavy atom. The minimum atomic E-state index is 0.101. The molecule has 1 atom stereocenters. The Bertz CT molecular complexity index is 1180. The molecule has 176 valence electrons. The lowest BCUT2D eigenvalue weighted by atomic mass is 9.87. The molecule has 1 aromatic heterocycles. The molecule has 0 bridgehead atoms. The lowest BCUT2D eigenvalue weighted by molar-refractivity contribution is 0.0952. The fourth-order valence-corrected chi connectivity index (χ4v) is 4.74. The van der Waals surface area contributed by atoms with Gasteiger partial charge in [-0.05, 0) is 60.9 Å². The number of rotatable bonds is 5. The number of hydrogen-bond acceptors (Lipinski definition) is 7. The minimum absolute atomic E-state index is 0.101. The highest BCUT2D eigenvalue weighted by molar-refractivity contribution is 6.30. The molecular formula is C26H28ClN5O2. The van der Waals surface area contributed by atoms with Crippen LogP contribution in [-0.2, 0) is 6.42 Å². The fourth-order valence-electron chi connectivity index (χ4n) is 4.62. The number of methoxy groups -OCH3 is 1. The monoisotopic (exact) mass is 477 g/mol. The van der Waals surface area contributed by atoms with Crippen LogP contribution in [0.5, 0.6) is 5.75 Å². The molecule has 2 aromatic carbocycles. The maximum Gasteiger partial charge on any atom is 0.227 e. The Hall–Kier alpha value is -3.32. The Morgan fingerprint density at radius 1 is 0.941 bits per heavy atom. The predicted octanol–water partition coefficient (Wildman–Crippen LogP) is 4.97. The summed E-state index contributed by atoms with van der Waals surface area (Å²) in [7, 11) is 1.64. The van der Waals surface area contributed by atoms with E-state index in [9.17, 15) is 4.79 Å². The van der Waals surface area contributed by atoms with Crippen molar-refractivity contribution < 1.29 is 9.53 Å². The van der Waals surface area contributed by atoms with Crippen molar-refractivity contribution in [1.29, 1.82) is 0 Å². The van der Waals surface area contributed by atoms with Gasteiger partial charge in [-0.3, -0.25) is 4.79 Å². The van der Waals surface area contributed by atoms with Gasteiger partial charge < -0.3 is 19.9 Å². The summed E-state index contributed by atoms with van der Waals surface area (Å²) in [6.45, 7) is 5.42.